The maximum absolute atomic E-state index is 10.5. The molecule has 0 bridgehead atoms. The molecule has 1 aliphatic rings. The average Bonchev–Trinajstić information content (AvgIpc) is 3.18. The molecule has 3 aromatic rings. The number of aromatic nitrogens is 2. The van der Waals surface area contributed by atoms with E-state index in [1.807, 2.05) is 42.5 Å². The molecule has 0 radical (unpaired) electrons. The third-order valence-corrected chi connectivity index (χ3v) is 5.50. The van der Waals surface area contributed by atoms with E-state index in [1.165, 1.54) is 0 Å². The van der Waals surface area contributed by atoms with Crippen molar-refractivity contribution < 1.29 is 9.84 Å². The number of benzene rings is 2. The van der Waals surface area contributed by atoms with Crippen LogP contribution >= 0.6 is 11.6 Å². The lowest BCUT2D eigenvalue weighted by atomic mass is 10.0. The Balaban J connectivity index is 1.60. The molecule has 148 valence electrons. The van der Waals surface area contributed by atoms with Gasteiger partial charge in [0.25, 0.3) is 0 Å². The molecule has 0 amide bonds. The molecule has 0 atom stereocenters. The summed E-state index contributed by atoms with van der Waals surface area (Å²) in [6, 6.07) is 13.5. The van der Waals surface area contributed by atoms with Gasteiger partial charge in [0.2, 0.25) is 0 Å². The maximum Gasteiger partial charge on any atom is 0.156 e. The molecular weight excluding hydrogens is 386 g/mol. The zero-order valence-corrected chi connectivity index (χ0v) is 17.0. The predicted molar refractivity (Wildman–Crippen MR) is 115 cm³/mol. The summed E-state index contributed by atoms with van der Waals surface area (Å²) in [6.07, 6.45) is 3.45. The standard InChI is InChI=1S/C23H22ClN3O2/c1-29-21-9-8-16(14-19(21)24)15-25-22-18-7-3-2-6-17(18)20(26-27-22)10-13-23(28)11-4-5-12-23/h2-3,6-9,14,28H,4-5,11-12,15H2,1H3,(H,25,27). The van der Waals surface area contributed by atoms with E-state index >= 15 is 0 Å². The molecule has 0 saturated heterocycles. The molecule has 0 aliphatic heterocycles. The first-order chi connectivity index (χ1) is 14.1. The summed E-state index contributed by atoms with van der Waals surface area (Å²) >= 11 is 6.21. The van der Waals surface area contributed by atoms with Crippen LogP contribution in [0, 0.1) is 11.8 Å². The van der Waals surface area contributed by atoms with Gasteiger partial charge in [0.15, 0.2) is 5.82 Å². The number of anilines is 1. The fraction of sp³-hybridized carbons (Fsp3) is 0.304. The minimum absolute atomic E-state index is 0.549. The van der Waals surface area contributed by atoms with Crippen molar-refractivity contribution in [1.82, 2.24) is 10.2 Å². The van der Waals surface area contributed by atoms with E-state index in [9.17, 15) is 5.11 Å². The highest BCUT2D eigenvalue weighted by Gasteiger charge is 2.28. The zero-order valence-electron chi connectivity index (χ0n) is 16.2. The third kappa shape index (κ3) is 4.29. The van der Waals surface area contributed by atoms with Gasteiger partial charge < -0.3 is 15.2 Å². The number of ether oxygens (including phenoxy) is 1. The number of rotatable bonds is 4. The fourth-order valence-electron chi connectivity index (χ4n) is 3.59. The monoisotopic (exact) mass is 407 g/mol. The van der Waals surface area contributed by atoms with Gasteiger partial charge in [-0.05, 0) is 49.3 Å². The van der Waals surface area contributed by atoms with Crippen LogP contribution in [0.2, 0.25) is 5.02 Å². The molecule has 1 saturated carbocycles. The topological polar surface area (TPSA) is 67.3 Å². The molecule has 6 heteroatoms. The molecule has 29 heavy (non-hydrogen) atoms. The molecular formula is C23H22ClN3O2. The Morgan fingerprint density at radius 3 is 2.62 bits per heavy atom. The van der Waals surface area contributed by atoms with Crippen molar-refractivity contribution in [3.05, 3.63) is 58.7 Å². The lowest BCUT2D eigenvalue weighted by Gasteiger charge is -2.13. The van der Waals surface area contributed by atoms with Crippen LogP contribution in [0.25, 0.3) is 10.8 Å². The summed E-state index contributed by atoms with van der Waals surface area (Å²) < 4.78 is 5.20. The highest BCUT2D eigenvalue weighted by molar-refractivity contribution is 6.32. The molecule has 5 nitrogen and oxygen atoms in total. The first-order valence-electron chi connectivity index (χ1n) is 9.65. The molecule has 0 unspecified atom stereocenters. The Morgan fingerprint density at radius 1 is 1.14 bits per heavy atom. The van der Waals surface area contributed by atoms with Crippen LogP contribution in [0.4, 0.5) is 5.82 Å². The second-order valence-electron chi connectivity index (χ2n) is 7.25. The molecule has 1 aromatic heterocycles. The Hall–Kier alpha value is -2.81. The second-order valence-corrected chi connectivity index (χ2v) is 7.66. The van der Waals surface area contributed by atoms with Gasteiger partial charge in [-0.15, -0.1) is 10.2 Å². The van der Waals surface area contributed by atoms with Crippen LogP contribution in [0.1, 0.15) is 36.9 Å². The van der Waals surface area contributed by atoms with E-state index < -0.39 is 5.60 Å². The van der Waals surface area contributed by atoms with Crippen LogP contribution < -0.4 is 10.1 Å². The highest BCUT2D eigenvalue weighted by Crippen LogP contribution is 2.29. The van der Waals surface area contributed by atoms with Gasteiger partial charge in [0.05, 0.1) is 12.1 Å². The first kappa shape index (κ1) is 19.5. The van der Waals surface area contributed by atoms with Crippen LogP contribution in [-0.2, 0) is 6.54 Å². The van der Waals surface area contributed by atoms with Gasteiger partial charge in [-0.25, -0.2) is 0 Å². The number of nitrogens with zero attached hydrogens (tertiary/aromatic N) is 2. The number of nitrogens with one attached hydrogen (secondary N) is 1. The summed E-state index contributed by atoms with van der Waals surface area (Å²) in [5.41, 5.74) is 0.695. The Kier molecular flexibility index (Phi) is 5.57. The van der Waals surface area contributed by atoms with Gasteiger partial charge in [-0.1, -0.05) is 47.9 Å². The fourth-order valence-corrected chi connectivity index (χ4v) is 3.87. The molecule has 2 N–H and O–H groups in total. The van der Waals surface area contributed by atoms with Crippen molar-refractivity contribution in [2.45, 2.75) is 37.8 Å². The Labute approximate surface area is 175 Å². The Morgan fingerprint density at radius 2 is 1.90 bits per heavy atom. The van der Waals surface area contributed by atoms with Gasteiger partial charge in [0, 0.05) is 17.3 Å². The third-order valence-electron chi connectivity index (χ3n) is 5.21. The van der Waals surface area contributed by atoms with E-state index in [-0.39, 0.29) is 0 Å². The van der Waals surface area contributed by atoms with E-state index in [1.54, 1.807) is 7.11 Å². The second kappa shape index (κ2) is 8.28. The van der Waals surface area contributed by atoms with E-state index in [2.05, 4.69) is 27.4 Å². The van der Waals surface area contributed by atoms with Crippen LogP contribution in [-0.4, -0.2) is 28.0 Å². The summed E-state index contributed by atoms with van der Waals surface area (Å²) in [5.74, 6) is 7.40. The maximum atomic E-state index is 10.5. The van der Waals surface area contributed by atoms with Crippen molar-refractivity contribution in [2.24, 2.45) is 0 Å². The molecule has 1 heterocycles. The number of hydrogen-bond donors (Lipinski definition) is 2. The van der Waals surface area contributed by atoms with Crippen molar-refractivity contribution >= 4 is 28.2 Å². The highest BCUT2D eigenvalue weighted by atomic mass is 35.5. The number of halogens is 1. The molecule has 1 aliphatic carbocycles. The minimum Gasteiger partial charge on any atom is -0.495 e. The lowest BCUT2D eigenvalue weighted by molar-refractivity contribution is 0.110. The molecule has 1 fully saturated rings. The normalized spacial score (nSPS) is 15.0. The minimum atomic E-state index is -0.895. The molecule has 0 spiro atoms. The smallest absolute Gasteiger partial charge is 0.156 e. The number of methoxy groups -OCH3 is 1. The quantitative estimate of drug-likeness (QED) is 0.620. The molecule has 2 aromatic carbocycles. The summed E-state index contributed by atoms with van der Waals surface area (Å²) in [4.78, 5) is 0. The van der Waals surface area contributed by atoms with Gasteiger partial charge in [0.1, 0.15) is 17.0 Å². The largest absolute Gasteiger partial charge is 0.495 e. The van der Waals surface area contributed by atoms with Crippen LogP contribution in [0.3, 0.4) is 0 Å². The van der Waals surface area contributed by atoms with Crippen molar-refractivity contribution in [3.63, 3.8) is 0 Å². The molecule has 4 rings (SSSR count). The average molecular weight is 408 g/mol. The van der Waals surface area contributed by atoms with Gasteiger partial charge >= 0.3 is 0 Å². The van der Waals surface area contributed by atoms with Crippen molar-refractivity contribution in [2.75, 3.05) is 12.4 Å². The zero-order chi connectivity index (χ0) is 20.3. The summed E-state index contributed by atoms with van der Waals surface area (Å²) in [6.45, 7) is 0.549. The lowest BCUT2D eigenvalue weighted by Crippen LogP contribution is -2.20. The van der Waals surface area contributed by atoms with E-state index in [4.69, 9.17) is 16.3 Å². The van der Waals surface area contributed by atoms with Crippen LogP contribution in [0.15, 0.2) is 42.5 Å². The Bertz CT molecular complexity index is 1100. The van der Waals surface area contributed by atoms with Gasteiger partial charge in [-0.2, -0.15) is 0 Å². The number of fused-ring (bicyclic) bond motifs is 1. The summed E-state index contributed by atoms with van der Waals surface area (Å²) in [7, 11) is 1.59. The van der Waals surface area contributed by atoms with Gasteiger partial charge in [-0.3, -0.25) is 0 Å². The number of aliphatic hydroxyl groups is 1. The summed E-state index contributed by atoms with van der Waals surface area (Å²) in [5, 5.41) is 24.9. The number of hydrogen-bond acceptors (Lipinski definition) is 5. The van der Waals surface area contributed by atoms with E-state index in [0.29, 0.717) is 28.8 Å². The van der Waals surface area contributed by atoms with Crippen LogP contribution in [0.5, 0.6) is 5.75 Å². The SMILES string of the molecule is COc1ccc(CNc2nnc(C#CC3(O)CCCC3)c3ccccc23)cc1Cl. The first-order valence-corrected chi connectivity index (χ1v) is 10.0. The van der Waals surface area contributed by atoms with Crippen molar-refractivity contribution in [3.8, 4) is 17.6 Å². The predicted octanol–water partition coefficient (Wildman–Crippen LogP) is 4.56. The van der Waals surface area contributed by atoms with E-state index in [0.717, 1.165) is 42.0 Å². The van der Waals surface area contributed by atoms with Crippen molar-refractivity contribution in [1.29, 1.82) is 0 Å².